The van der Waals surface area contributed by atoms with Crippen molar-refractivity contribution in [1.82, 2.24) is 4.90 Å². The zero-order chi connectivity index (χ0) is 15.4. The van der Waals surface area contributed by atoms with Gasteiger partial charge in [0.1, 0.15) is 0 Å². The molecule has 0 aromatic heterocycles. The maximum Gasteiger partial charge on any atom is 0.0991 e. The lowest BCUT2D eigenvalue weighted by Gasteiger charge is -2.36. The Balaban J connectivity index is 1.57. The fourth-order valence-electron chi connectivity index (χ4n) is 3.01. The van der Waals surface area contributed by atoms with Crippen molar-refractivity contribution in [3.8, 4) is 6.07 Å². The molecule has 2 aromatic carbocycles. The van der Waals surface area contributed by atoms with E-state index in [1.165, 1.54) is 16.8 Å². The molecular formula is C19H21N3. The van der Waals surface area contributed by atoms with E-state index in [4.69, 9.17) is 5.26 Å². The number of piperazine rings is 1. The molecule has 1 saturated heterocycles. The highest BCUT2D eigenvalue weighted by Gasteiger charge is 2.18. The smallest absolute Gasteiger partial charge is 0.0991 e. The minimum atomic E-state index is 0.730. The largest absolute Gasteiger partial charge is 0.369 e. The summed E-state index contributed by atoms with van der Waals surface area (Å²) in [4.78, 5) is 4.96. The van der Waals surface area contributed by atoms with E-state index >= 15 is 0 Å². The molecule has 2 aromatic rings. The number of hydrogen-bond donors (Lipinski definition) is 0. The van der Waals surface area contributed by atoms with Gasteiger partial charge in [0, 0.05) is 38.4 Å². The Bertz CT molecular complexity index is 662. The zero-order valence-electron chi connectivity index (χ0n) is 13.0. The van der Waals surface area contributed by atoms with Crippen LogP contribution in [0, 0.1) is 18.3 Å². The van der Waals surface area contributed by atoms with Crippen molar-refractivity contribution in [2.75, 3.05) is 31.1 Å². The summed E-state index contributed by atoms with van der Waals surface area (Å²) in [5.74, 6) is 0. The number of aryl methyl sites for hydroxylation is 1. The number of anilines is 1. The van der Waals surface area contributed by atoms with E-state index < -0.39 is 0 Å². The van der Waals surface area contributed by atoms with Gasteiger partial charge < -0.3 is 4.90 Å². The lowest BCUT2D eigenvalue weighted by atomic mass is 10.1. The van der Waals surface area contributed by atoms with E-state index in [9.17, 15) is 0 Å². The Morgan fingerprint density at radius 1 is 0.955 bits per heavy atom. The van der Waals surface area contributed by atoms with Gasteiger partial charge in [-0.05, 0) is 36.2 Å². The van der Waals surface area contributed by atoms with Gasteiger partial charge in [0.25, 0.3) is 0 Å². The lowest BCUT2D eigenvalue weighted by molar-refractivity contribution is 0.250. The van der Waals surface area contributed by atoms with Crippen molar-refractivity contribution in [2.45, 2.75) is 13.5 Å². The summed E-state index contributed by atoms with van der Waals surface area (Å²) in [6, 6.07) is 18.7. The summed E-state index contributed by atoms with van der Waals surface area (Å²) in [6.45, 7) is 7.44. The van der Waals surface area contributed by atoms with Crippen molar-refractivity contribution in [3.63, 3.8) is 0 Å². The van der Waals surface area contributed by atoms with Gasteiger partial charge in [-0.15, -0.1) is 0 Å². The molecule has 0 atom stereocenters. The minimum Gasteiger partial charge on any atom is -0.369 e. The molecule has 0 unspecified atom stereocenters. The molecule has 3 nitrogen and oxygen atoms in total. The minimum absolute atomic E-state index is 0.730. The summed E-state index contributed by atoms with van der Waals surface area (Å²) < 4.78 is 0. The fraction of sp³-hybridized carbons (Fsp3) is 0.316. The molecular weight excluding hydrogens is 270 g/mol. The molecule has 3 rings (SSSR count). The topological polar surface area (TPSA) is 30.3 Å². The van der Waals surface area contributed by atoms with Crippen LogP contribution in [0.2, 0.25) is 0 Å². The number of benzene rings is 2. The molecule has 0 amide bonds. The number of nitriles is 1. The lowest BCUT2D eigenvalue weighted by Crippen LogP contribution is -2.46. The quantitative estimate of drug-likeness (QED) is 0.870. The molecule has 0 saturated carbocycles. The Kier molecular flexibility index (Phi) is 4.41. The van der Waals surface area contributed by atoms with E-state index in [2.05, 4.69) is 59.2 Å². The second kappa shape index (κ2) is 6.64. The standard InChI is InChI=1S/C19H21N3/c1-16-4-2-3-5-19(16)22-12-10-21(11-13-22)15-18-8-6-17(14-20)7-9-18/h2-9H,10-13,15H2,1H3. The molecule has 1 fully saturated rings. The predicted octanol–water partition coefficient (Wildman–Crippen LogP) is 3.19. The van der Waals surface area contributed by atoms with Crippen LogP contribution in [0.25, 0.3) is 0 Å². The first-order valence-corrected chi connectivity index (χ1v) is 7.78. The third-order valence-corrected chi connectivity index (χ3v) is 4.32. The first-order chi connectivity index (χ1) is 10.8. The Hall–Kier alpha value is -2.31. The van der Waals surface area contributed by atoms with Crippen LogP contribution in [0.15, 0.2) is 48.5 Å². The van der Waals surface area contributed by atoms with Crippen molar-refractivity contribution < 1.29 is 0 Å². The van der Waals surface area contributed by atoms with Crippen LogP contribution in [-0.4, -0.2) is 31.1 Å². The molecule has 0 bridgehead atoms. The van der Waals surface area contributed by atoms with Gasteiger partial charge in [-0.1, -0.05) is 30.3 Å². The molecule has 22 heavy (non-hydrogen) atoms. The molecule has 0 aliphatic carbocycles. The zero-order valence-corrected chi connectivity index (χ0v) is 13.0. The molecule has 0 spiro atoms. The van der Waals surface area contributed by atoms with Crippen LogP contribution in [0.3, 0.4) is 0 Å². The van der Waals surface area contributed by atoms with Gasteiger partial charge in [-0.3, -0.25) is 4.90 Å². The van der Waals surface area contributed by atoms with Crippen molar-refractivity contribution in [1.29, 1.82) is 5.26 Å². The molecule has 112 valence electrons. The number of hydrogen-bond acceptors (Lipinski definition) is 3. The highest BCUT2D eigenvalue weighted by Crippen LogP contribution is 2.21. The van der Waals surface area contributed by atoms with Crippen molar-refractivity contribution in [3.05, 3.63) is 65.2 Å². The second-order valence-corrected chi connectivity index (χ2v) is 5.86. The average Bonchev–Trinajstić information content (AvgIpc) is 2.57. The van der Waals surface area contributed by atoms with Gasteiger partial charge in [0.05, 0.1) is 11.6 Å². The first-order valence-electron chi connectivity index (χ1n) is 7.78. The number of nitrogens with zero attached hydrogens (tertiary/aromatic N) is 3. The van der Waals surface area contributed by atoms with Crippen LogP contribution in [0.5, 0.6) is 0 Å². The van der Waals surface area contributed by atoms with Crippen molar-refractivity contribution >= 4 is 5.69 Å². The molecule has 0 radical (unpaired) electrons. The summed E-state index contributed by atoms with van der Waals surface area (Å²) in [5, 5.41) is 8.84. The highest BCUT2D eigenvalue weighted by atomic mass is 15.3. The third kappa shape index (κ3) is 3.29. The fourth-order valence-corrected chi connectivity index (χ4v) is 3.01. The van der Waals surface area contributed by atoms with Crippen LogP contribution in [0.1, 0.15) is 16.7 Å². The second-order valence-electron chi connectivity index (χ2n) is 5.86. The Morgan fingerprint density at radius 2 is 1.64 bits per heavy atom. The van der Waals surface area contributed by atoms with Gasteiger partial charge in [0.2, 0.25) is 0 Å². The SMILES string of the molecule is Cc1ccccc1N1CCN(Cc2ccc(C#N)cc2)CC1. The Morgan fingerprint density at radius 3 is 2.27 bits per heavy atom. The van der Waals surface area contributed by atoms with E-state index in [0.717, 1.165) is 38.3 Å². The van der Waals surface area contributed by atoms with Gasteiger partial charge in [-0.2, -0.15) is 5.26 Å². The summed E-state index contributed by atoms with van der Waals surface area (Å²) in [7, 11) is 0. The molecule has 0 N–H and O–H groups in total. The first kappa shape index (κ1) is 14.6. The average molecular weight is 291 g/mol. The number of rotatable bonds is 3. The maximum absolute atomic E-state index is 8.84. The van der Waals surface area contributed by atoms with Crippen LogP contribution >= 0.6 is 0 Å². The Labute approximate surface area is 132 Å². The van der Waals surface area contributed by atoms with E-state index in [-0.39, 0.29) is 0 Å². The highest BCUT2D eigenvalue weighted by molar-refractivity contribution is 5.53. The maximum atomic E-state index is 8.84. The van der Waals surface area contributed by atoms with Gasteiger partial charge >= 0.3 is 0 Å². The van der Waals surface area contributed by atoms with E-state index in [0.29, 0.717) is 0 Å². The molecule has 1 aliphatic rings. The van der Waals surface area contributed by atoms with Crippen LogP contribution in [-0.2, 0) is 6.54 Å². The molecule has 1 heterocycles. The third-order valence-electron chi connectivity index (χ3n) is 4.32. The summed E-state index contributed by atoms with van der Waals surface area (Å²) in [5.41, 5.74) is 4.72. The van der Waals surface area contributed by atoms with Crippen LogP contribution < -0.4 is 4.90 Å². The summed E-state index contributed by atoms with van der Waals surface area (Å²) >= 11 is 0. The van der Waals surface area contributed by atoms with Crippen molar-refractivity contribution in [2.24, 2.45) is 0 Å². The van der Waals surface area contributed by atoms with Crippen LogP contribution in [0.4, 0.5) is 5.69 Å². The van der Waals surface area contributed by atoms with Gasteiger partial charge in [-0.25, -0.2) is 0 Å². The molecule has 3 heteroatoms. The van der Waals surface area contributed by atoms with E-state index in [1.54, 1.807) is 0 Å². The summed E-state index contributed by atoms with van der Waals surface area (Å²) in [6.07, 6.45) is 0. The monoisotopic (exact) mass is 291 g/mol. The predicted molar refractivity (Wildman–Crippen MR) is 89.8 cm³/mol. The normalized spacial score (nSPS) is 15.5. The molecule has 1 aliphatic heterocycles. The van der Waals surface area contributed by atoms with E-state index in [1.807, 2.05) is 12.1 Å². The van der Waals surface area contributed by atoms with Gasteiger partial charge in [0.15, 0.2) is 0 Å². The number of para-hydroxylation sites is 1.